The largest absolute Gasteiger partial charge is 0.481 e. The highest BCUT2D eigenvalue weighted by atomic mass is 16.4. The van der Waals surface area contributed by atoms with E-state index in [4.69, 9.17) is 20.4 Å². The third kappa shape index (κ3) is 5.68. The van der Waals surface area contributed by atoms with E-state index in [0.717, 1.165) is 6.42 Å². The van der Waals surface area contributed by atoms with E-state index in [1.165, 1.54) is 0 Å². The second kappa shape index (κ2) is 8.13. The molecule has 1 aliphatic rings. The van der Waals surface area contributed by atoms with Crippen LogP contribution >= 0.6 is 0 Å². The number of rotatable bonds is 5. The molecule has 1 fully saturated rings. The van der Waals surface area contributed by atoms with Crippen LogP contribution in [0, 0.1) is 5.41 Å². The van der Waals surface area contributed by atoms with Gasteiger partial charge in [-0.3, -0.25) is 19.2 Å². The first kappa shape index (κ1) is 17.9. The van der Waals surface area contributed by atoms with E-state index in [-0.39, 0.29) is 25.7 Å². The van der Waals surface area contributed by atoms with Gasteiger partial charge in [0.25, 0.3) is 0 Å². The first-order valence-electron chi connectivity index (χ1n) is 6.13. The van der Waals surface area contributed by atoms with E-state index in [1.54, 1.807) is 0 Å². The number of carboxylic acids is 4. The molecule has 0 unspecified atom stereocenters. The maximum atomic E-state index is 10.7. The van der Waals surface area contributed by atoms with Crippen molar-refractivity contribution < 1.29 is 39.6 Å². The lowest BCUT2D eigenvalue weighted by atomic mass is 9.74. The first-order valence-corrected chi connectivity index (χ1v) is 6.13. The molecule has 0 aromatic rings. The summed E-state index contributed by atoms with van der Waals surface area (Å²) in [6, 6.07) is 0. The van der Waals surface area contributed by atoms with Crippen LogP contribution in [0.4, 0.5) is 0 Å². The second-order valence-corrected chi connectivity index (χ2v) is 4.54. The number of hydrogen-bond donors (Lipinski definition) is 4. The Hall–Kier alpha value is -2.12. The molecular weight excluding hydrogens is 272 g/mol. The molecule has 20 heavy (non-hydrogen) atoms. The third-order valence-electron chi connectivity index (χ3n) is 3.08. The lowest BCUT2D eigenvalue weighted by Crippen LogP contribution is -2.40. The Labute approximate surface area is 115 Å². The van der Waals surface area contributed by atoms with Crippen molar-refractivity contribution in [3.8, 4) is 0 Å². The van der Waals surface area contributed by atoms with Gasteiger partial charge < -0.3 is 20.4 Å². The van der Waals surface area contributed by atoms with E-state index in [9.17, 15) is 19.2 Å². The van der Waals surface area contributed by atoms with Crippen LogP contribution in [-0.2, 0) is 19.2 Å². The van der Waals surface area contributed by atoms with Gasteiger partial charge in [0, 0.05) is 0 Å². The predicted octanol–water partition coefficient (Wildman–Crippen LogP) is 1.04. The molecule has 8 heteroatoms. The first-order chi connectivity index (χ1) is 9.22. The SMILES string of the molecule is O=C(O)C1(C(=O)O)CCCCC1.O=C(O)CCC(=O)O. The Morgan fingerprint density at radius 3 is 1.25 bits per heavy atom. The summed E-state index contributed by atoms with van der Waals surface area (Å²) in [6.07, 6.45) is 2.32. The quantitative estimate of drug-likeness (QED) is 0.548. The molecule has 8 nitrogen and oxygen atoms in total. The fourth-order valence-electron chi connectivity index (χ4n) is 1.89. The van der Waals surface area contributed by atoms with E-state index < -0.39 is 29.3 Å². The van der Waals surface area contributed by atoms with Gasteiger partial charge in [-0.15, -0.1) is 0 Å². The summed E-state index contributed by atoms with van der Waals surface area (Å²) >= 11 is 0. The molecule has 114 valence electrons. The van der Waals surface area contributed by atoms with Crippen LogP contribution in [0.25, 0.3) is 0 Å². The van der Waals surface area contributed by atoms with Gasteiger partial charge in [-0.1, -0.05) is 19.3 Å². The van der Waals surface area contributed by atoms with Gasteiger partial charge in [-0.05, 0) is 12.8 Å². The van der Waals surface area contributed by atoms with Gasteiger partial charge in [0.15, 0.2) is 5.41 Å². The summed E-state index contributed by atoms with van der Waals surface area (Å²) in [4.78, 5) is 40.8. The maximum absolute atomic E-state index is 10.7. The zero-order valence-corrected chi connectivity index (χ0v) is 10.9. The highest BCUT2D eigenvalue weighted by Gasteiger charge is 2.46. The van der Waals surface area contributed by atoms with Crippen LogP contribution in [0.5, 0.6) is 0 Å². The van der Waals surface area contributed by atoms with Gasteiger partial charge >= 0.3 is 23.9 Å². The summed E-state index contributed by atoms with van der Waals surface area (Å²) in [7, 11) is 0. The molecule has 1 rings (SSSR count). The van der Waals surface area contributed by atoms with E-state index >= 15 is 0 Å². The Bertz CT molecular complexity index is 351. The smallest absolute Gasteiger partial charge is 0.321 e. The molecule has 4 N–H and O–H groups in total. The average Bonchev–Trinajstić information content (AvgIpc) is 2.37. The van der Waals surface area contributed by atoms with E-state index in [0.29, 0.717) is 12.8 Å². The van der Waals surface area contributed by atoms with Gasteiger partial charge in [0.05, 0.1) is 12.8 Å². The fourth-order valence-corrected chi connectivity index (χ4v) is 1.89. The van der Waals surface area contributed by atoms with Crippen molar-refractivity contribution in [3.63, 3.8) is 0 Å². The molecule has 1 saturated carbocycles. The minimum Gasteiger partial charge on any atom is -0.481 e. The summed E-state index contributed by atoms with van der Waals surface area (Å²) in [6.45, 7) is 0. The lowest BCUT2D eigenvalue weighted by Gasteiger charge is -2.28. The minimum atomic E-state index is -1.49. The Morgan fingerprint density at radius 1 is 0.700 bits per heavy atom. The standard InChI is InChI=1S/C8H12O4.C4H6O4/c9-6(10)8(7(11)12)4-2-1-3-5-8;5-3(6)1-2-4(7)8/h1-5H2,(H,9,10)(H,11,12);1-2H2,(H,5,6)(H,7,8). The van der Waals surface area contributed by atoms with Crippen molar-refractivity contribution >= 4 is 23.9 Å². The van der Waals surface area contributed by atoms with Gasteiger partial charge in [0.2, 0.25) is 0 Å². The molecule has 0 aromatic heterocycles. The van der Waals surface area contributed by atoms with Crippen molar-refractivity contribution in [2.45, 2.75) is 44.9 Å². The van der Waals surface area contributed by atoms with Crippen LogP contribution in [0.3, 0.4) is 0 Å². The second-order valence-electron chi connectivity index (χ2n) is 4.54. The minimum absolute atomic E-state index is 0.275. The molecule has 0 aromatic carbocycles. The molecule has 0 atom stereocenters. The average molecular weight is 290 g/mol. The molecule has 0 aliphatic heterocycles. The Kier molecular flexibility index (Phi) is 7.27. The number of carboxylic acid groups (broad SMARTS) is 4. The van der Waals surface area contributed by atoms with Gasteiger partial charge in [-0.2, -0.15) is 0 Å². The zero-order chi connectivity index (χ0) is 15.8. The van der Waals surface area contributed by atoms with Crippen molar-refractivity contribution in [3.05, 3.63) is 0 Å². The molecular formula is C12H18O8. The third-order valence-corrected chi connectivity index (χ3v) is 3.08. The molecule has 0 heterocycles. The van der Waals surface area contributed by atoms with Crippen LogP contribution < -0.4 is 0 Å². The molecule has 0 bridgehead atoms. The fraction of sp³-hybridized carbons (Fsp3) is 0.667. The van der Waals surface area contributed by atoms with E-state index in [1.807, 2.05) is 0 Å². The number of hydrogen-bond acceptors (Lipinski definition) is 4. The predicted molar refractivity (Wildman–Crippen MR) is 65.3 cm³/mol. The van der Waals surface area contributed by atoms with Crippen LogP contribution in [-0.4, -0.2) is 44.3 Å². The van der Waals surface area contributed by atoms with E-state index in [2.05, 4.69) is 0 Å². The molecule has 0 spiro atoms. The maximum Gasteiger partial charge on any atom is 0.321 e. The van der Waals surface area contributed by atoms with Crippen LogP contribution in [0.1, 0.15) is 44.9 Å². The summed E-state index contributed by atoms with van der Waals surface area (Å²) in [5.74, 6) is -4.52. The van der Waals surface area contributed by atoms with Crippen molar-refractivity contribution in [2.24, 2.45) is 5.41 Å². The molecule has 1 aliphatic carbocycles. The summed E-state index contributed by atoms with van der Waals surface area (Å²) < 4.78 is 0. The van der Waals surface area contributed by atoms with Crippen molar-refractivity contribution in [1.29, 1.82) is 0 Å². The van der Waals surface area contributed by atoms with Crippen LogP contribution in [0.2, 0.25) is 0 Å². The summed E-state index contributed by atoms with van der Waals surface area (Å²) in [5.41, 5.74) is -1.49. The van der Waals surface area contributed by atoms with Crippen LogP contribution in [0.15, 0.2) is 0 Å². The summed E-state index contributed by atoms with van der Waals surface area (Å²) in [5, 5.41) is 33.4. The molecule has 0 amide bonds. The molecule has 0 radical (unpaired) electrons. The number of carbonyl (C=O) groups is 4. The Balaban J connectivity index is 0.000000396. The van der Waals surface area contributed by atoms with Crippen molar-refractivity contribution in [1.82, 2.24) is 0 Å². The Morgan fingerprint density at radius 2 is 1.05 bits per heavy atom. The van der Waals surface area contributed by atoms with Crippen molar-refractivity contribution in [2.75, 3.05) is 0 Å². The highest BCUT2D eigenvalue weighted by molar-refractivity contribution is 5.98. The van der Waals surface area contributed by atoms with Gasteiger partial charge in [-0.25, -0.2) is 0 Å². The lowest BCUT2D eigenvalue weighted by molar-refractivity contribution is -0.167. The highest BCUT2D eigenvalue weighted by Crippen LogP contribution is 2.36. The molecule has 0 saturated heterocycles. The number of aliphatic carboxylic acids is 4. The zero-order valence-electron chi connectivity index (χ0n) is 10.9. The normalized spacial score (nSPS) is 16.4. The monoisotopic (exact) mass is 290 g/mol. The topological polar surface area (TPSA) is 149 Å². The van der Waals surface area contributed by atoms with Gasteiger partial charge in [0.1, 0.15) is 0 Å².